The van der Waals surface area contributed by atoms with Crippen molar-refractivity contribution in [3.63, 3.8) is 0 Å². The first kappa shape index (κ1) is 13.0. The zero-order chi connectivity index (χ0) is 9.94. The zero-order valence-electron chi connectivity index (χ0n) is 8.07. The van der Waals surface area contributed by atoms with E-state index in [0.717, 1.165) is 12.8 Å². The van der Waals surface area contributed by atoms with Crippen molar-refractivity contribution in [2.45, 2.75) is 32.6 Å². The number of rotatable bonds is 9. The van der Waals surface area contributed by atoms with E-state index in [9.17, 15) is 4.57 Å². The molecule has 1 atom stereocenters. The van der Waals surface area contributed by atoms with Gasteiger partial charge in [0, 0.05) is 4.57 Å². The van der Waals surface area contributed by atoms with Gasteiger partial charge in [0.2, 0.25) is 0 Å². The van der Waals surface area contributed by atoms with Crippen LogP contribution in [0.3, 0.4) is 0 Å². The molecule has 0 bridgehead atoms. The molecule has 0 fully saturated rings. The molecule has 1 unspecified atom stereocenters. The smallest absolute Gasteiger partial charge is 0.394 e. The third-order valence-electron chi connectivity index (χ3n) is 1.48. The minimum absolute atomic E-state index is 0.0736. The highest BCUT2D eigenvalue weighted by atomic mass is 31.1. The van der Waals surface area contributed by atoms with E-state index < -0.39 is 8.25 Å². The Morgan fingerprint density at radius 3 is 2.46 bits per heavy atom. The van der Waals surface area contributed by atoms with Gasteiger partial charge in [0.1, 0.15) is 13.2 Å². The molecule has 0 aliphatic heterocycles. The van der Waals surface area contributed by atoms with E-state index in [1.165, 1.54) is 12.8 Å². The fourth-order valence-corrected chi connectivity index (χ4v) is 1.40. The van der Waals surface area contributed by atoms with Crippen molar-refractivity contribution < 1.29 is 18.7 Å². The predicted molar refractivity (Wildman–Crippen MR) is 50.7 cm³/mol. The summed E-state index contributed by atoms with van der Waals surface area (Å²) in [6.07, 6.45) is 4.36. The molecular formula is C8H18O4P+. The lowest BCUT2D eigenvalue weighted by Gasteiger charge is -1.93. The Balaban J connectivity index is 3.08. The van der Waals surface area contributed by atoms with Crippen molar-refractivity contribution in [3.8, 4) is 0 Å². The van der Waals surface area contributed by atoms with Crippen molar-refractivity contribution in [2.24, 2.45) is 0 Å². The van der Waals surface area contributed by atoms with E-state index in [1.54, 1.807) is 0 Å². The Kier molecular flexibility index (Phi) is 10.0. The lowest BCUT2D eigenvalue weighted by molar-refractivity contribution is 0.173. The maximum atomic E-state index is 10.8. The first-order chi connectivity index (χ1) is 6.31. The van der Waals surface area contributed by atoms with Gasteiger partial charge in [0.25, 0.3) is 0 Å². The van der Waals surface area contributed by atoms with Crippen LogP contribution in [0.5, 0.6) is 0 Å². The molecule has 0 amide bonds. The Morgan fingerprint density at radius 2 is 1.85 bits per heavy atom. The van der Waals surface area contributed by atoms with E-state index in [1.807, 2.05) is 0 Å². The predicted octanol–water partition coefficient (Wildman–Crippen LogP) is 2.25. The summed E-state index contributed by atoms with van der Waals surface area (Å²) in [5.41, 5.74) is 0. The molecule has 1 N–H and O–H groups in total. The summed E-state index contributed by atoms with van der Waals surface area (Å²) in [6, 6.07) is 0. The van der Waals surface area contributed by atoms with Gasteiger partial charge in [-0.2, -0.15) is 0 Å². The molecule has 5 heteroatoms. The van der Waals surface area contributed by atoms with Gasteiger partial charge in [-0.1, -0.05) is 26.2 Å². The molecule has 0 aromatic carbocycles. The van der Waals surface area contributed by atoms with E-state index >= 15 is 0 Å². The van der Waals surface area contributed by atoms with Crippen LogP contribution in [0, 0.1) is 0 Å². The van der Waals surface area contributed by atoms with Gasteiger partial charge in [0.15, 0.2) is 0 Å². The van der Waals surface area contributed by atoms with Crippen molar-refractivity contribution >= 4 is 8.25 Å². The van der Waals surface area contributed by atoms with Crippen LogP contribution in [0.15, 0.2) is 0 Å². The lowest BCUT2D eigenvalue weighted by Crippen LogP contribution is -1.94. The molecule has 0 spiro atoms. The molecule has 78 valence electrons. The molecular weight excluding hydrogens is 191 g/mol. The minimum Gasteiger partial charge on any atom is -0.394 e. The maximum absolute atomic E-state index is 10.8. The van der Waals surface area contributed by atoms with Crippen LogP contribution >= 0.6 is 8.25 Å². The van der Waals surface area contributed by atoms with Gasteiger partial charge in [-0.3, -0.25) is 0 Å². The monoisotopic (exact) mass is 209 g/mol. The van der Waals surface area contributed by atoms with Crippen LogP contribution in [0.4, 0.5) is 0 Å². The highest BCUT2D eigenvalue weighted by molar-refractivity contribution is 7.33. The summed E-state index contributed by atoms with van der Waals surface area (Å²) in [5.74, 6) is 0. The van der Waals surface area contributed by atoms with Crippen LogP contribution in [0.25, 0.3) is 0 Å². The van der Waals surface area contributed by atoms with Gasteiger partial charge < -0.3 is 5.11 Å². The molecule has 0 saturated heterocycles. The highest BCUT2D eigenvalue weighted by Gasteiger charge is 2.18. The van der Waals surface area contributed by atoms with Crippen molar-refractivity contribution in [1.82, 2.24) is 0 Å². The van der Waals surface area contributed by atoms with E-state index in [-0.39, 0.29) is 13.2 Å². The largest absolute Gasteiger partial charge is 0.697 e. The zero-order valence-corrected chi connectivity index (χ0v) is 8.96. The number of hydrogen-bond donors (Lipinski definition) is 1. The third-order valence-corrected chi connectivity index (χ3v) is 2.27. The van der Waals surface area contributed by atoms with E-state index in [4.69, 9.17) is 9.63 Å². The standard InChI is InChI=1S/C8H18O4P/c1-2-3-4-5-7-11-13(10)12-8-6-9/h9H,2-8H2,1H3/q+1. The summed E-state index contributed by atoms with van der Waals surface area (Å²) in [6.45, 7) is 2.55. The summed E-state index contributed by atoms with van der Waals surface area (Å²) in [5, 5.41) is 8.35. The summed E-state index contributed by atoms with van der Waals surface area (Å²) in [4.78, 5) is 0. The van der Waals surface area contributed by atoms with Crippen LogP contribution < -0.4 is 0 Å². The Morgan fingerprint density at radius 1 is 1.15 bits per heavy atom. The quantitative estimate of drug-likeness (QED) is 0.467. The molecule has 4 nitrogen and oxygen atoms in total. The van der Waals surface area contributed by atoms with Crippen LogP contribution in [0.2, 0.25) is 0 Å². The second kappa shape index (κ2) is 10.1. The summed E-state index contributed by atoms with van der Waals surface area (Å²) >= 11 is 0. The molecule has 0 aliphatic rings. The van der Waals surface area contributed by atoms with Gasteiger partial charge >= 0.3 is 8.25 Å². The van der Waals surface area contributed by atoms with Crippen LogP contribution in [-0.2, 0) is 13.6 Å². The minimum atomic E-state index is -2.02. The number of aliphatic hydroxyl groups excluding tert-OH is 1. The second-order valence-corrected chi connectivity index (χ2v) is 3.64. The van der Waals surface area contributed by atoms with Crippen molar-refractivity contribution in [2.75, 3.05) is 19.8 Å². The average Bonchev–Trinajstić information content (AvgIpc) is 2.14. The number of unbranched alkanes of at least 4 members (excludes halogenated alkanes) is 3. The fraction of sp³-hybridized carbons (Fsp3) is 1.00. The molecule has 0 aliphatic carbocycles. The molecule has 0 saturated carbocycles. The van der Waals surface area contributed by atoms with Gasteiger partial charge in [-0.15, -0.1) is 9.05 Å². The lowest BCUT2D eigenvalue weighted by atomic mass is 10.2. The highest BCUT2D eigenvalue weighted by Crippen LogP contribution is 2.23. The maximum Gasteiger partial charge on any atom is 0.697 e. The molecule has 13 heavy (non-hydrogen) atoms. The average molecular weight is 209 g/mol. The van der Waals surface area contributed by atoms with E-state index in [2.05, 4.69) is 11.4 Å². The summed E-state index contributed by atoms with van der Waals surface area (Å²) < 4.78 is 20.3. The first-order valence-electron chi connectivity index (χ1n) is 4.65. The third kappa shape index (κ3) is 9.90. The molecule has 0 heterocycles. The Labute approximate surface area is 80.2 Å². The van der Waals surface area contributed by atoms with Crippen LogP contribution in [-0.4, -0.2) is 24.9 Å². The fourth-order valence-electron chi connectivity index (χ4n) is 0.821. The van der Waals surface area contributed by atoms with E-state index in [0.29, 0.717) is 6.61 Å². The normalized spacial score (nSPS) is 11.7. The van der Waals surface area contributed by atoms with Crippen LogP contribution in [0.1, 0.15) is 32.6 Å². The second-order valence-electron chi connectivity index (χ2n) is 2.67. The molecule has 0 aromatic heterocycles. The number of aliphatic hydroxyl groups is 1. The first-order valence-corrected chi connectivity index (χ1v) is 5.74. The molecule has 0 radical (unpaired) electrons. The Bertz CT molecular complexity index is 129. The van der Waals surface area contributed by atoms with Crippen molar-refractivity contribution in [3.05, 3.63) is 0 Å². The summed E-state index contributed by atoms with van der Waals surface area (Å²) in [7, 11) is -2.02. The molecule has 0 rings (SSSR count). The Hall–Kier alpha value is -0.0200. The molecule has 0 aromatic rings. The van der Waals surface area contributed by atoms with Crippen molar-refractivity contribution in [1.29, 1.82) is 0 Å². The van der Waals surface area contributed by atoms with Gasteiger partial charge in [0.05, 0.1) is 6.61 Å². The number of hydrogen-bond acceptors (Lipinski definition) is 4. The SMILES string of the molecule is CCCCCCO[P+](=O)OCCO. The van der Waals surface area contributed by atoms with Gasteiger partial charge in [-0.25, -0.2) is 0 Å². The topological polar surface area (TPSA) is 55.8 Å². The van der Waals surface area contributed by atoms with Gasteiger partial charge in [-0.05, 0) is 6.42 Å².